The number of nitrogens with zero attached hydrogens (tertiary/aromatic N) is 2. The minimum absolute atomic E-state index is 0.00675. The van der Waals surface area contributed by atoms with Gasteiger partial charge in [0.25, 0.3) is 6.43 Å². The van der Waals surface area contributed by atoms with E-state index in [2.05, 4.69) is 0 Å². The first kappa shape index (κ1) is 22.4. The molecule has 148 valence electrons. The number of hydrogen-bond donors (Lipinski definition) is 3. The van der Waals surface area contributed by atoms with Crippen LogP contribution in [0.2, 0.25) is 5.02 Å². The molecular weight excluding hydrogens is 382 g/mol. The third-order valence-corrected chi connectivity index (χ3v) is 3.55. The number of benzene rings is 2. The molecule has 1 amide bonds. The second-order valence-electron chi connectivity index (χ2n) is 5.43. The van der Waals surface area contributed by atoms with Crippen molar-refractivity contribution < 1.29 is 23.4 Å². The molecule has 0 radical (unpaired) electrons. The molecule has 27 heavy (non-hydrogen) atoms. The molecule has 0 aliphatic carbocycles. The number of rotatable bonds is 6. The van der Waals surface area contributed by atoms with E-state index >= 15 is 0 Å². The molecule has 0 unspecified atom stereocenters. The second-order valence-corrected chi connectivity index (χ2v) is 5.84. The third-order valence-electron chi connectivity index (χ3n) is 3.26. The number of anilines is 1. The molecule has 2 aromatic carbocycles. The van der Waals surface area contributed by atoms with Gasteiger partial charge < -0.3 is 14.9 Å². The Balaban J connectivity index is 0.000000646. The van der Waals surface area contributed by atoms with Gasteiger partial charge in [0.15, 0.2) is 0 Å². The highest BCUT2D eigenvalue weighted by molar-refractivity contribution is 6.32. The smallest absolute Gasteiger partial charge is 0.264 e. The maximum Gasteiger partial charge on any atom is 0.264 e. The standard InChI is InChI=1S/C15H15ClF2N2O2.C2H6N2O/c1-20(19)13-4-2-3-10(15(17)18)11(13)8-22-14-6-5-9(21)7-12(14)16;1-4(3)2-5/h2-7,15,21H,8,19H2,1H3;2H,3H2,1H3. The number of carbonyl (C=O) groups is 1. The van der Waals surface area contributed by atoms with Crippen molar-refractivity contribution in [3.05, 3.63) is 52.5 Å². The van der Waals surface area contributed by atoms with Crippen LogP contribution in [-0.4, -0.2) is 30.6 Å². The molecule has 5 N–H and O–H groups in total. The highest BCUT2D eigenvalue weighted by Crippen LogP contribution is 2.33. The van der Waals surface area contributed by atoms with Crippen LogP contribution in [0.5, 0.6) is 11.5 Å². The van der Waals surface area contributed by atoms with Gasteiger partial charge >= 0.3 is 0 Å². The molecule has 0 saturated carbocycles. The summed E-state index contributed by atoms with van der Waals surface area (Å²) >= 11 is 5.93. The fourth-order valence-electron chi connectivity index (χ4n) is 2.04. The minimum Gasteiger partial charge on any atom is -0.508 e. The molecule has 0 aromatic heterocycles. The average Bonchev–Trinajstić information content (AvgIpc) is 2.61. The van der Waals surface area contributed by atoms with Crippen molar-refractivity contribution in [2.45, 2.75) is 13.0 Å². The van der Waals surface area contributed by atoms with Crippen LogP contribution < -0.4 is 21.4 Å². The highest BCUT2D eigenvalue weighted by atomic mass is 35.5. The summed E-state index contributed by atoms with van der Waals surface area (Å²) in [6.07, 6.45) is -2.12. The van der Waals surface area contributed by atoms with E-state index in [0.29, 0.717) is 12.1 Å². The summed E-state index contributed by atoms with van der Waals surface area (Å²) in [4.78, 5) is 9.31. The average molecular weight is 403 g/mol. The molecule has 2 rings (SSSR count). The first-order chi connectivity index (χ1) is 12.7. The van der Waals surface area contributed by atoms with Gasteiger partial charge in [-0.25, -0.2) is 20.5 Å². The number of ether oxygens (including phenoxy) is 1. The zero-order chi connectivity index (χ0) is 20.6. The Bertz CT molecular complexity index is 735. The molecule has 0 fully saturated rings. The van der Waals surface area contributed by atoms with Crippen LogP contribution in [0, 0.1) is 0 Å². The molecule has 0 saturated heterocycles. The van der Waals surface area contributed by atoms with Crippen molar-refractivity contribution in [2.24, 2.45) is 11.7 Å². The SMILES string of the molecule is CN(N)C=O.CN(N)c1cccc(C(F)F)c1COc1ccc(O)cc1Cl. The second kappa shape index (κ2) is 10.5. The van der Waals surface area contributed by atoms with E-state index in [1.54, 1.807) is 13.1 Å². The first-order valence-electron chi connectivity index (χ1n) is 7.59. The van der Waals surface area contributed by atoms with Crippen molar-refractivity contribution >= 4 is 23.7 Å². The summed E-state index contributed by atoms with van der Waals surface area (Å²) in [6, 6.07) is 8.64. The summed E-state index contributed by atoms with van der Waals surface area (Å²) in [5.74, 6) is 10.7. The van der Waals surface area contributed by atoms with Gasteiger partial charge in [0.1, 0.15) is 18.1 Å². The lowest BCUT2D eigenvalue weighted by Gasteiger charge is -2.20. The number of phenolic OH excluding ortho intramolecular Hbond substituents is 1. The highest BCUT2D eigenvalue weighted by Gasteiger charge is 2.18. The van der Waals surface area contributed by atoms with Crippen LogP contribution in [0.3, 0.4) is 0 Å². The molecule has 0 atom stereocenters. The van der Waals surface area contributed by atoms with Gasteiger partial charge in [-0.05, 0) is 18.2 Å². The minimum atomic E-state index is -2.64. The summed E-state index contributed by atoms with van der Waals surface area (Å²) in [7, 11) is 3.02. The number of alkyl halides is 2. The topological polar surface area (TPSA) is 105 Å². The monoisotopic (exact) mass is 402 g/mol. The zero-order valence-electron chi connectivity index (χ0n) is 14.8. The van der Waals surface area contributed by atoms with Crippen molar-refractivity contribution in [1.82, 2.24) is 5.01 Å². The molecule has 10 heteroatoms. The summed E-state index contributed by atoms with van der Waals surface area (Å²) in [5, 5.41) is 11.7. The maximum absolute atomic E-state index is 13.2. The van der Waals surface area contributed by atoms with Gasteiger partial charge in [0, 0.05) is 31.3 Å². The van der Waals surface area contributed by atoms with Crippen LogP contribution in [0.1, 0.15) is 17.6 Å². The van der Waals surface area contributed by atoms with Gasteiger partial charge in [0.05, 0.1) is 10.7 Å². The predicted octanol–water partition coefficient (Wildman–Crippen LogP) is 2.82. The van der Waals surface area contributed by atoms with Crippen LogP contribution in [0.25, 0.3) is 0 Å². The molecule has 0 bridgehead atoms. The molecule has 0 heterocycles. The zero-order valence-corrected chi connectivity index (χ0v) is 15.5. The summed E-state index contributed by atoms with van der Waals surface area (Å²) < 4.78 is 31.8. The molecule has 2 aromatic rings. The Hall–Kier alpha value is -2.62. The van der Waals surface area contributed by atoms with Crippen LogP contribution in [0.4, 0.5) is 14.5 Å². The molecule has 7 nitrogen and oxygen atoms in total. The van der Waals surface area contributed by atoms with Crippen molar-refractivity contribution in [3.63, 3.8) is 0 Å². The van der Waals surface area contributed by atoms with E-state index in [9.17, 15) is 18.7 Å². The lowest BCUT2D eigenvalue weighted by molar-refractivity contribution is -0.117. The number of aromatic hydroxyl groups is 1. The van der Waals surface area contributed by atoms with Crippen LogP contribution in [0.15, 0.2) is 36.4 Å². The number of hydrogen-bond acceptors (Lipinski definition) is 6. The van der Waals surface area contributed by atoms with Gasteiger partial charge in [0.2, 0.25) is 6.41 Å². The van der Waals surface area contributed by atoms with E-state index in [1.807, 2.05) is 0 Å². The normalized spacial score (nSPS) is 10.1. The Morgan fingerprint density at radius 3 is 2.37 bits per heavy atom. The number of halogens is 3. The molecular formula is C17H21ClF2N4O3. The fourth-order valence-corrected chi connectivity index (χ4v) is 2.27. The van der Waals surface area contributed by atoms with Gasteiger partial charge in [-0.15, -0.1) is 0 Å². The number of hydrazine groups is 2. The van der Waals surface area contributed by atoms with Gasteiger partial charge in [-0.3, -0.25) is 9.80 Å². The van der Waals surface area contributed by atoms with E-state index in [-0.39, 0.29) is 34.3 Å². The molecule has 0 aliphatic rings. The number of phenols is 1. The lowest BCUT2D eigenvalue weighted by atomic mass is 10.1. The molecule has 0 spiro atoms. The van der Waals surface area contributed by atoms with E-state index in [1.165, 1.54) is 42.4 Å². The molecule has 0 aliphatic heterocycles. The summed E-state index contributed by atoms with van der Waals surface area (Å²) in [5.41, 5.74) is 0.573. The predicted molar refractivity (Wildman–Crippen MR) is 99.5 cm³/mol. The Morgan fingerprint density at radius 2 is 1.89 bits per heavy atom. The van der Waals surface area contributed by atoms with Crippen LogP contribution in [-0.2, 0) is 11.4 Å². The van der Waals surface area contributed by atoms with E-state index in [4.69, 9.17) is 28.0 Å². The van der Waals surface area contributed by atoms with Gasteiger partial charge in [-0.1, -0.05) is 23.7 Å². The van der Waals surface area contributed by atoms with E-state index in [0.717, 1.165) is 5.01 Å². The largest absolute Gasteiger partial charge is 0.508 e. The third kappa shape index (κ3) is 6.89. The lowest BCUT2D eigenvalue weighted by Crippen LogP contribution is -2.27. The van der Waals surface area contributed by atoms with Gasteiger partial charge in [-0.2, -0.15) is 0 Å². The Morgan fingerprint density at radius 1 is 1.26 bits per heavy atom. The number of amides is 1. The fraction of sp³-hybridized carbons (Fsp3) is 0.235. The Labute approximate surface area is 160 Å². The number of nitrogens with two attached hydrogens (primary N) is 2. The van der Waals surface area contributed by atoms with Crippen molar-refractivity contribution in [2.75, 3.05) is 19.1 Å². The van der Waals surface area contributed by atoms with Crippen LogP contribution >= 0.6 is 11.6 Å². The first-order valence-corrected chi connectivity index (χ1v) is 7.97. The van der Waals surface area contributed by atoms with Crippen molar-refractivity contribution in [1.29, 1.82) is 0 Å². The summed E-state index contributed by atoms with van der Waals surface area (Å²) in [6.45, 7) is -0.123. The Kier molecular flexibility index (Phi) is 8.73. The van der Waals surface area contributed by atoms with Crippen molar-refractivity contribution in [3.8, 4) is 11.5 Å². The van der Waals surface area contributed by atoms with E-state index < -0.39 is 6.43 Å². The quantitative estimate of drug-likeness (QED) is 0.297. The maximum atomic E-state index is 13.2. The number of carbonyl (C=O) groups excluding carboxylic acids is 1.